The summed E-state index contributed by atoms with van der Waals surface area (Å²) in [4.78, 5) is 16.9. The summed E-state index contributed by atoms with van der Waals surface area (Å²) in [6.45, 7) is 1.18. The molecule has 10 heteroatoms. The maximum absolute atomic E-state index is 12.4. The number of benzene rings is 3. The molecule has 0 atom stereocenters. The van der Waals surface area contributed by atoms with Crippen LogP contribution in [0.2, 0.25) is 0 Å². The zero-order valence-electron chi connectivity index (χ0n) is 20.3. The zero-order valence-corrected chi connectivity index (χ0v) is 21.1. The fourth-order valence-corrected chi connectivity index (χ4v) is 4.12. The summed E-state index contributed by atoms with van der Waals surface area (Å²) in [6.07, 6.45) is 4.95. The molecule has 0 aliphatic heterocycles. The highest BCUT2D eigenvalue weighted by Gasteiger charge is 2.11. The molecule has 1 heterocycles. The number of para-hydroxylation sites is 1. The average Bonchev–Trinajstić information content (AvgIpc) is 3.39. The topological polar surface area (TPSA) is 126 Å². The number of nitrogens with one attached hydrogen (secondary N) is 1. The van der Waals surface area contributed by atoms with E-state index in [2.05, 4.69) is 10.3 Å². The van der Waals surface area contributed by atoms with Crippen LogP contribution in [0.25, 0.3) is 11.3 Å². The molecule has 3 N–H and O–H groups in total. The molecule has 0 radical (unpaired) electrons. The van der Waals surface area contributed by atoms with Gasteiger partial charge in [0.2, 0.25) is 0 Å². The monoisotopic (exact) mass is 520 g/mol. The smallest absolute Gasteiger partial charge is 0.326 e. The highest BCUT2D eigenvalue weighted by atomic mass is 32.2. The molecule has 0 bridgehead atoms. The van der Waals surface area contributed by atoms with Crippen LogP contribution >= 0.6 is 0 Å². The Balaban J connectivity index is 1.26. The van der Waals surface area contributed by atoms with Crippen molar-refractivity contribution in [2.75, 3.05) is 25.1 Å². The first-order valence-corrected chi connectivity index (χ1v) is 13.5. The number of nitrogens with zero attached hydrogens (tertiary/aromatic N) is 2. The van der Waals surface area contributed by atoms with E-state index in [0.29, 0.717) is 42.3 Å². The number of imidazole rings is 1. The lowest BCUT2D eigenvalue weighted by atomic mass is 10.1. The van der Waals surface area contributed by atoms with Gasteiger partial charge in [-0.05, 0) is 55.0 Å². The van der Waals surface area contributed by atoms with Crippen molar-refractivity contribution >= 4 is 21.6 Å². The number of carbonyl (C=O) groups is 1. The summed E-state index contributed by atoms with van der Waals surface area (Å²) >= 11 is 0. The van der Waals surface area contributed by atoms with Crippen molar-refractivity contribution in [1.82, 2.24) is 14.9 Å². The summed E-state index contributed by atoms with van der Waals surface area (Å²) in [5.74, 6) is 1.42. The van der Waals surface area contributed by atoms with Crippen molar-refractivity contribution in [2.24, 2.45) is 0 Å². The van der Waals surface area contributed by atoms with Crippen LogP contribution in [0, 0.1) is 0 Å². The van der Waals surface area contributed by atoms with E-state index in [1.165, 1.54) is 23.0 Å². The Kier molecular flexibility index (Phi) is 8.09. The van der Waals surface area contributed by atoms with Gasteiger partial charge in [-0.3, -0.25) is 4.57 Å². The first kappa shape index (κ1) is 25.8. The van der Waals surface area contributed by atoms with Crippen molar-refractivity contribution in [1.29, 1.82) is 0 Å². The number of nitrogen functional groups attached to an aromatic ring is 1. The van der Waals surface area contributed by atoms with Crippen molar-refractivity contribution in [3.63, 3.8) is 0 Å². The lowest BCUT2D eigenvalue weighted by Gasteiger charge is -2.10. The van der Waals surface area contributed by atoms with Crippen LogP contribution in [0.3, 0.4) is 0 Å². The molecule has 0 saturated carbocycles. The third kappa shape index (κ3) is 7.11. The van der Waals surface area contributed by atoms with Crippen molar-refractivity contribution in [2.45, 2.75) is 17.9 Å². The molecule has 1 amide bonds. The molecule has 0 spiro atoms. The minimum atomic E-state index is -3.32. The quantitative estimate of drug-likeness (QED) is 0.238. The predicted octanol–water partition coefficient (Wildman–Crippen LogP) is 4.14. The van der Waals surface area contributed by atoms with E-state index in [-0.39, 0.29) is 17.5 Å². The van der Waals surface area contributed by atoms with Gasteiger partial charge in [-0.2, -0.15) is 0 Å². The SMILES string of the molecule is CS(=O)(=O)c1ccc(COc2ccc(-c3cn(C(=O)NCCCOc4ccccc4)cn3)cc2)c(N)c1. The van der Waals surface area contributed by atoms with E-state index in [1.54, 1.807) is 24.4 Å². The molecule has 4 rings (SSSR count). The van der Waals surface area contributed by atoms with Crippen molar-refractivity contribution in [3.05, 3.63) is 90.9 Å². The summed E-state index contributed by atoms with van der Waals surface area (Å²) < 4.78 is 36.1. The molecule has 4 aromatic rings. The van der Waals surface area contributed by atoms with Gasteiger partial charge in [0, 0.05) is 35.8 Å². The molecule has 192 valence electrons. The second-order valence-electron chi connectivity index (χ2n) is 8.36. The summed E-state index contributed by atoms with van der Waals surface area (Å²) in [7, 11) is -3.32. The van der Waals surface area contributed by atoms with E-state index in [4.69, 9.17) is 15.2 Å². The third-order valence-electron chi connectivity index (χ3n) is 5.52. The number of carbonyl (C=O) groups excluding carboxylic acids is 1. The molecule has 0 aliphatic carbocycles. The average molecular weight is 521 g/mol. The highest BCUT2D eigenvalue weighted by Crippen LogP contribution is 2.23. The van der Waals surface area contributed by atoms with Gasteiger partial charge in [0.05, 0.1) is 17.2 Å². The fraction of sp³-hybridized carbons (Fsp3) is 0.185. The Labute approximate surface area is 215 Å². The highest BCUT2D eigenvalue weighted by molar-refractivity contribution is 7.90. The largest absolute Gasteiger partial charge is 0.494 e. The number of rotatable bonds is 10. The van der Waals surface area contributed by atoms with Gasteiger partial charge in [0.1, 0.15) is 24.4 Å². The molecule has 1 aromatic heterocycles. The van der Waals surface area contributed by atoms with E-state index < -0.39 is 9.84 Å². The normalized spacial score (nSPS) is 11.2. The Morgan fingerprint density at radius 2 is 1.73 bits per heavy atom. The summed E-state index contributed by atoms with van der Waals surface area (Å²) in [5.41, 5.74) is 8.50. The van der Waals surface area contributed by atoms with Crippen LogP contribution in [0.15, 0.2) is 90.2 Å². The molecule has 37 heavy (non-hydrogen) atoms. The van der Waals surface area contributed by atoms with E-state index in [1.807, 2.05) is 42.5 Å². The van der Waals surface area contributed by atoms with Gasteiger partial charge in [0.25, 0.3) is 0 Å². The Morgan fingerprint density at radius 1 is 1.00 bits per heavy atom. The van der Waals surface area contributed by atoms with E-state index in [9.17, 15) is 13.2 Å². The maximum atomic E-state index is 12.4. The molecule has 0 unspecified atom stereocenters. The third-order valence-corrected chi connectivity index (χ3v) is 6.63. The van der Waals surface area contributed by atoms with Crippen LogP contribution in [-0.2, 0) is 16.4 Å². The van der Waals surface area contributed by atoms with Gasteiger partial charge in [-0.25, -0.2) is 18.2 Å². The molecule has 0 fully saturated rings. The van der Waals surface area contributed by atoms with Crippen molar-refractivity contribution < 1.29 is 22.7 Å². The molecule has 0 aliphatic rings. The number of hydrogen-bond acceptors (Lipinski definition) is 7. The first-order chi connectivity index (χ1) is 17.8. The minimum Gasteiger partial charge on any atom is -0.494 e. The fourth-order valence-electron chi connectivity index (χ4n) is 3.47. The molecule has 3 aromatic carbocycles. The van der Waals surface area contributed by atoms with Crippen LogP contribution in [0.5, 0.6) is 11.5 Å². The second kappa shape index (κ2) is 11.6. The predicted molar refractivity (Wildman–Crippen MR) is 141 cm³/mol. The second-order valence-corrected chi connectivity index (χ2v) is 10.4. The van der Waals surface area contributed by atoms with Gasteiger partial charge in [-0.15, -0.1) is 0 Å². The summed E-state index contributed by atoms with van der Waals surface area (Å²) in [6, 6.07) is 21.1. The van der Waals surface area contributed by atoms with Gasteiger partial charge >= 0.3 is 6.03 Å². The number of anilines is 1. The molecule has 0 saturated heterocycles. The number of nitrogens with two attached hydrogens (primary N) is 1. The molecular formula is C27H28N4O5S. The lowest BCUT2D eigenvalue weighted by molar-refractivity contribution is 0.240. The van der Waals surface area contributed by atoms with E-state index >= 15 is 0 Å². The molecular weight excluding hydrogens is 492 g/mol. The Hall–Kier alpha value is -4.31. The first-order valence-electron chi connectivity index (χ1n) is 11.6. The maximum Gasteiger partial charge on any atom is 0.326 e. The van der Waals surface area contributed by atoms with Crippen molar-refractivity contribution in [3.8, 4) is 22.8 Å². The van der Waals surface area contributed by atoms with Gasteiger partial charge in [-0.1, -0.05) is 24.3 Å². The van der Waals surface area contributed by atoms with Crippen LogP contribution in [-0.4, -0.2) is 43.4 Å². The van der Waals surface area contributed by atoms with Crippen LogP contribution in [0.4, 0.5) is 10.5 Å². The van der Waals surface area contributed by atoms with Gasteiger partial charge in [0.15, 0.2) is 9.84 Å². The summed E-state index contributed by atoms with van der Waals surface area (Å²) in [5, 5.41) is 2.85. The zero-order chi connectivity index (χ0) is 26.3. The minimum absolute atomic E-state index is 0.170. The Bertz CT molecular complexity index is 1450. The molecule has 9 nitrogen and oxygen atoms in total. The standard InChI is InChI=1S/C27H28N4O5S/c1-37(33,34)24-13-10-21(25(28)16-24)18-36-23-11-8-20(9-12-23)26-17-31(19-30-26)27(32)29-14-5-15-35-22-6-3-2-4-7-22/h2-4,6-13,16-17,19H,5,14-15,18,28H2,1H3,(H,29,32). The number of ether oxygens (including phenoxy) is 2. The van der Waals surface area contributed by atoms with E-state index in [0.717, 1.165) is 17.6 Å². The number of aromatic nitrogens is 2. The van der Waals surface area contributed by atoms with Crippen LogP contribution < -0.4 is 20.5 Å². The number of hydrogen-bond donors (Lipinski definition) is 2. The van der Waals surface area contributed by atoms with Gasteiger partial charge < -0.3 is 20.5 Å². The lowest BCUT2D eigenvalue weighted by Crippen LogP contribution is -2.29. The number of sulfone groups is 1. The number of amides is 1. The Morgan fingerprint density at radius 3 is 2.43 bits per heavy atom. The van der Waals surface area contributed by atoms with Crippen LogP contribution in [0.1, 0.15) is 12.0 Å².